The van der Waals surface area contributed by atoms with Crippen molar-refractivity contribution in [3.8, 4) is 5.69 Å². The summed E-state index contributed by atoms with van der Waals surface area (Å²) in [6.07, 6.45) is 7.16. The molecule has 3 rings (SSSR count). The van der Waals surface area contributed by atoms with Gasteiger partial charge in [-0.25, -0.2) is 4.79 Å². The van der Waals surface area contributed by atoms with Crippen molar-refractivity contribution in [3.63, 3.8) is 0 Å². The number of nitrogens with two attached hydrogens (primary N) is 1. The van der Waals surface area contributed by atoms with Gasteiger partial charge in [0, 0.05) is 0 Å². The largest absolute Gasteiger partial charge is 0.368 e. The molecule has 1 aliphatic rings. The molecule has 0 bridgehead atoms. The number of aromatic nitrogens is 3. The van der Waals surface area contributed by atoms with Crippen LogP contribution in [0.2, 0.25) is 0 Å². The molecule has 0 saturated carbocycles. The third-order valence-corrected chi connectivity index (χ3v) is 3.34. The van der Waals surface area contributed by atoms with Crippen molar-refractivity contribution in [1.29, 1.82) is 0 Å². The van der Waals surface area contributed by atoms with Gasteiger partial charge in [0.1, 0.15) is 5.94 Å². The lowest BCUT2D eigenvalue weighted by molar-refractivity contribution is 0.566. The van der Waals surface area contributed by atoms with Gasteiger partial charge in [-0.05, 0) is 25.1 Å². The number of nitrogens with one attached hydrogen (secondary N) is 1. The van der Waals surface area contributed by atoms with Crippen molar-refractivity contribution in [2.75, 3.05) is 11.1 Å². The van der Waals surface area contributed by atoms with Crippen LogP contribution < -0.4 is 11.1 Å². The van der Waals surface area contributed by atoms with Crippen molar-refractivity contribution in [1.82, 2.24) is 14.8 Å². The maximum Gasteiger partial charge on any atom is 0.245 e. The Morgan fingerprint density at radius 1 is 1.27 bits per heavy atom. The summed E-state index contributed by atoms with van der Waals surface area (Å²) in [4.78, 5) is 15.1. The Labute approximate surface area is 127 Å². The first-order valence-corrected chi connectivity index (χ1v) is 6.83. The van der Waals surface area contributed by atoms with E-state index in [0.29, 0.717) is 11.5 Å². The van der Waals surface area contributed by atoms with Crippen LogP contribution in [0.15, 0.2) is 54.1 Å². The number of rotatable bonds is 3. The molecule has 1 aromatic carbocycles. The monoisotopic (exact) mass is 293 g/mol. The van der Waals surface area contributed by atoms with E-state index in [4.69, 9.17) is 5.73 Å². The standard InChI is InChI=1S/C16H15N5O/c1-11-6-8-13(9-7-11)21-15(17)19-16(20-21)18-14-5-3-2-4-12(14)10-22/h2-9,14H,1H3,(H3,17,18,19,20). The van der Waals surface area contributed by atoms with Gasteiger partial charge >= 0.3 is 0 Å². The fraction of sp³-hybridized carbons (Fsp3) is 0.125. The zero-order valence-electron chi connectivity index (χ0n) is 12.0. The molecular formula is C16H15N5O. The second kappa shape index (κ2) is 5.71. The Balaban J connectivity index is 1.86. The smallest absolute Gasteiger partial charge is 0.245 e. The van der Waals surface area contributed by atoms with Crippen molar-refractivity contribution in [3.05, 3.63) is 59.7 Å². The zero-order chi connectivity index (χ0) is 15.5. The molecule has 1 atom stereocenters. The molecule has 0 radical (unpaired) electrons. The number of hydrogen-bond donors (Lipinski definition) is 2. The third kappa shape index (κ3) is 2.68. The number of hydrogen-bond acceptors (Lipinski definition) is 5. The van der Waals surface area contributed by atoms with E-state index in [0.717, 1.165) is 11.3 Å². The summed E-state index contributed by atoms with van der Waals surface area (Å²) in [5.74, 6) is 2.54. The van der Waals surface area contributed by atoms with Gasteiger partial charge in [0.15, 0.2) is 0 Å². The van der Waals surface area contributed by atoms with Crippen molar-refractivity contribution in [2.24, 2.45) is 0 Å². The number of benzene rings is 1. The molecule has 1 aromatic heterocycles. The van der Waals surface area contributed by atoms with Crippen molar-refractivity contribution < 1.29 is 4.79 Å². The van der Waals surface area contributed by atoms with E-state index in [1.54, 1.807) is 16.8 Å². The van der Waals surface area contributed by atoms with Crippen LogP contribution in [0.1, 0.15) is 5.56 Å². The molecule has 1 unspecified atom stereocenters. The lowest BCUT2D eigenvalue weighted by Gasteiger charge is -2.14. The number of aryl methyl sites for hydroxylation is 1. The number of nitrogen functional groups attached to an aromatic ring is 1. The Morgan fingerprint density at radius 2 is 2.05 bits per heavy atom. The molecule has 6 nitrogen and oxygen atoms in total. The normalized spacial score (nSPS) is 16.6. The van der Waals surface area contributed by atoms with Crippen LogP contribution in [0.4, 0.5) is 11.9 Å². The van der Waals surface area contributed by atoms with E-state index in [-0.39, 0.29) is 12.0 Å². The van der Waals surface area contributed by atoms with Crippen LogP contribution in [-0.4, -0.2) is 26.7 Å². The Kier molecular flexibility index (Phi) is 3.60. The van der Waals surface area contributed by atoms with Gasteiger partial charge in [0.2, 0.25) is 11.9 Å². The molecule has 0 spiro atoms. The number of carbonyl (C=O) groups excluding carboxylic acids is 1. The molecule has 0 amide bonds. The minimum Gasteiger partial charge on any atom is -0.368 e. The van der Waals surface area contributed by atoms with E-state index < -0.39 is 0 Å². The first kappa shape index (κ1) is 13.9. The molecule has 0 aliphatic heterocycles. The van der Waals surface area contributed by atoms with Crippen molar-refractivity contribution in [2.45, 2.75) is 13.0 Å². The lowest BCUT2D eigenvalue weighted by Crippen LogP contribution is -2.21. The third-order valence-electron chi connectivity index (χ3n) is 3.34. The minimum atomic E-state index is -0.309. The van der Waals surface area contributed by atoms with E-state index >= 15 is 0 Å². The summed E-state index contributed by atoms with van der Waals surface area (Å²) < 4.78 is 1.55. The highest BCUT2D eigenvalue weighted by Gasteiger charge is 2.16. The van der Waals surface area contributed by atoms with Gasteiger partial charge in [-0.15, -0.1) is 5.10 Å². The van der Waals surface area contributed by atoms with Crippen LogP contribution in [-0.2, 0) is 4.79 Å². The lowest BCUT2D eigenvalue weighted by atomic mass is 10.0. The van der Waals surface area contributed by atoms with Gasteiger partial charge in [-0.3, -0.25) is 0 Å². The summed E-state index contributed by atoms with van der Waals surface area (Å²) in [5, 5.41) is 7.40. The van der Waals surface area contributed by atoms with Gasteiger partial charge in [-0.1, -0.05) is 35.9 Å². The maximum absolute atomic E-state index is 10.9. The Morgan fingerprint density at radius 3 is 2.77 bits per heavy atom. The van der Waals surface area contributed by atoms with Crippen LogP contribution in [0, 0.1) is 6.92 Å². The van der Waals surface area contributed by atoms with Crippen LogP contribution in [0.5, 0.6) is 0 Å². The Bertz CT molecular complexity index is 794. The molecule has 2 aromatic rings. The molecule has 0 fully saturated rings. The molecule has 3 N–H and O–H groups in total. The summed E-state index contributed by atoms with van der Waals surface area (Å²) in [6, 6.07) is 7.49. The molecule has 110 valence electrons. The van der Waals surface area contributed by atoms with E-state index in [1.165, 1.54) is 0 Å². The second-order valence-corrected chi connectivity index (χ2v) is 4.96. The van der Waals surface area contributed by atoms with E-state index in [2.05, 4.69) is 15.4 Å². The minimum absolute atomic E-state index is 0.276. The van der Waals surface area contributed by atoms with Crippen molar-refractivity contribution >= 4 is 17.8 Å². The number of anilines is 2. The van der Waals surface area contributed by atoms with Gasteiger partial charge in [-0.2, -0.15) is 9.67 Å². The summed E-state index contributed by atoms with van der Waals surface area (Å²) >= 11 is 0. The molecule has 1 aliphatic carbocycles. The zero-order valence-corrected chi connectivity index (χ0v) is 12.0. The van der Waals surface area contributed by atoms with Crippen LogP contribution >= 0.6 is 0 Å². The molecule has 22 heavy (non-hydrogen) atoms. The molecule has 1 heterocycles. The maximum atomic E-state index is 10.9. The van der Waals surface area contributed by atoms with Gasteiger partial charge < -0.3 is 11.1 Å². The molecular weight excluding hydrogens is 278 g/mol. The predicted molar refractivity (Wildman–Crippen MR) is 85.4 cm³/mol. The average Bonchev–Trinajstić information content (AvgIpc) is 2.89. The SMILES string of the molecule is Cc1ccc(-n2nc(NC3C=CC=CC3=C=O)nc2N)cc1. The van der Waals surface area contributed by atoms with Gasteiger partial charge in [0.25, 0.3) is 0 Å². The number of nitrogens with zero attached hydrogens (tertiary/aromatic N) is 3. The first-order chi connectivity index (χ1) is 10.7. The van der Waals surface area contributed by atoms with Gasteiger partial charge in [0.05, 0.1) is 17.3 Å². The highest BCUT2D eigenvalue weighted by molar-refractivity contribution is 5.64. The first-order valence-electron chi connectivity index (χ1n) is 6.83. The van der Waals surface area contributed by atoms with Crippen LogP contribution in [0.25, 0.3) is 5.69 Å². The molecule has 0 saturated heterocycles. The summed E-state index contributed by atoms with van der Waals surface area (Å²) in [7, 11) is 0. The van der Waals surface area contributed by atoms with E-state index in [9.17, 15) is 4.79 Å². The summed E-state index contributed by atoms with van der Waals surface area (Å²) in [5.41, 5.74) is 8.39. The average molecular weight is 293 g/mol. The topological polar surface area (TPSA) is 85.8 Å². The predicted octanol–water partition coefficient (Wildman–Crippen LogP) is 1.82. The second-order valence-electron chi connectivity index (χ2n) is 4.96. The highest BCUT2D eigenvalue weighted by atomic mass is 16.1. The fourth-order valence-corrected chi connectivity index (χ4v) is 2.17. The summed E-state index contributed by atoms with van der Waals surface area (Å²) in [6.45, 7) is 2.01. The molecule has 6 heteroatoms. The highest BCUT2D eigenvalue weighted by Crippen LogP contribution is 2.17. The Hall–Kier alpha value is -3.11. The van der Waals surface area contributed by atoms with Crippen LogP contribution in [0.3, 0.4) is 0 Å². The quantitative estimate of drug-likeness (QED) is 0.843. The number of allylic oxidation sites excluding steroid dienone is 2. The van der Waals surface area contributed by atoms with E-state index in [1.807, 2.05) is 49.3 Å². The fourth-order valence-electron chi connectivity index (χ4n) is 2.17.